The van der Waals surface area contributed by atoms with Gasteiger partial charge in [-0.1, -0.05) is 0 Å². The van der Waals surface area contributed by atoms with Gasteiger partial charge in [0.15, 0.2) is 0 Å². The largest absolute Gasteiger partial charge is 0.329 e. The van der Waals surface area contributed by atoms with Gasteiger partial charge in [0, 0.05) is 26.2 Å². The molecule has 0 bridgehead atoms. The van der Waals surface area contributed by atoms with Crippen LogP contribution in [0.5, 0.6) is 0 Å². The Balaban J connectivity index is 2.24. The van der Waals surface area contributed by atoms with E-state index < -0.39 is 0 Å². The van der Waals surface area contributed by atoms with Gasteiger partial charge in [-0.05, 0) is 39.4 Å². The molecule has 3 nitrogen and oxygen atoms in total. The molecule has 78 valence electrons. The average Bonchev–Trinajstić information content (AvgIpc) is 2.04. The van der Waals surface area contributed by atoms with Gasteiger partial charge in [0.1, 0.15) is 0 Å². The maximum atomic E-state index is 5.55. The van der Waals surface area contributed by atoms with E-state index in [-0.39, 0.29) is 0 Å². The summed E-state index contributed by atoms with van der Waals surface area (Å²) < 4.78 is 0. The molecule has 1 atom stereocenters. The number of likely N-dealkylation sites (tertiary alicyclic amines) is 1. The molecule has 0 amide bonds. The molecule has 1 aliphatic rings. The molecular formula is C10H23N3. The van der Waals surface area contributed by atoms with Crippen molar-refractivity contribution in [3.05, 3.63) is 0 Å². The Bertz CT molecular complexity index is 134. The van der Waals surface area contributed by atoms with Crippen LogP contribution in [-0.4, -0.2) is 56.6 Å². The second kappa shape index (κ2) is 5.58. The Morgan fingerprint density at radius 1 is 1.46 bits per heavy atom. The predicted molar refractivity (Wildman–Crippen MR) is 56.8 cm³/mol. The van der Waals surface area contributed by atoms with Crippen LogP contribution in [0.4, 0.5) is 0 Å². The predicted octanol–water partition coefficient (Wildman–Crippen LogP) is 0.219. The van der Waals surface area contributed by atoms with Crippen LogP contribution in [0.3, 0.4) is 0 Å². The van der Waals surface area contributed by atoms with Crippen molar-refractivity contribution in [3.63, 3.8) is 0 Å². The summed E-state index contributed by atoms with van der Waals surface area (Å²) in [5.41, 5.74) is 5.55. The van der Waals surface area contributed by atoms with E-state index in [1.165, 1.54) is 32.5 Å². The Morgan fingerprint density at radius 2 is 2.23 bits per heavy atom. The normalized spacial score (nSPS) is 25.4. The third-order valence-electron chi connectivity index (χ3n) is 2.67. The molecule has 1 fully saturated rings. The van der Waals surface area contributed by atoms with E-state index in [0.29, 0.717) is 0 Å². The van der Waals surface area contributed by atoms with Crippen LogP contribution in [0.15, 0.2) is 0 Å². The molecule has 0 aromatic heterocycles. The molecule has 0 saturated carbocycles. The minimum Gasteiger partial charge on any atom is -0.329 e. The molecule has 1 unspecified atom stereocenters. The van der Waals surface area contributed by atoms with E-state index in [2.05, 4.69) is 23.9 Å². The number of nitrogens with two attached hydrogens (primary N) is 1. The molecule has 1 heterocycles. The average molecular weight is 185 g/mol. The highest BCUT2D eigenvalue weighted by Crippen LogP contribution is 2.16. The van der Waals surface area contributed by atoms with E-state index in [9.17, 15) is 0 Å². The van der Waals surface area contributed by atoms with E-state index in [0.717, 1.165) is 19.0 Å². The zero-order valence-electron chi connectivity index (χ0n) is 9.00. The van der Waals surface area contributed by atoms with Crippen LogP contribution in [0.25, 0.3) is 0 Å². The number of hydrogen-bond donors (Lipinski definition) is 1. The first-order valence-electron chi connectivity index (χ1n) is 5.29. The van der Waals surface area contributed by atoms with Crippen LogP contribution < -0.4 is 5.73 Å². The van der Waals surface area contributed by atoms with Gasteiger partial charge >= 0.3 is 0 Å². The molecule has 1 rings (SSSR count). The summed E-state index contributed by atoms with van der Waals surface area (Å²) in [5.74, 6) is 0.857. The topological polar surface area (TPSA) is 32.5 Å². The molecule has 1 saturated heterocycles. The fourth-order valence-electron chi connectivity index (χ4n) is 2.20. The minimum atomic E-state index is 0.800. The van der Waals surface area contributed by atoms with Gasteiger partial charge in [0.05, 0.1) is 0 Å². The Hall–Kier alpha value is -0.120. The minimum absolute atomic E-state index is 0.800. The third kappa shape index (κ3) is 4.07. The fraction of sp³-hybridized carbons (Fsp3) is 1.00. The summed E-state index contributed by atoms with van der Waals surface area (Å²) in [4.78, 5) is 4.79. The van der Waals surface area contributed by atoms with Crippen LogP contribution in [0, 0.1) is 5.92 Å². The van der Waals surface area contributed by atoms with E-state index in [4.69, 9.17) is 5.73 Å². The van der Waals surface area contributed by atoms with Crippen molar-refractivity contribution >= 4 is 0 Å². The van der Waals surface area contributed by atoms with Gasteiger partial charge in [0.25, 0.3) is 0 Å². The van der Waals surface area contributed by atoms with Crippen LogP contribution in [0.1, 0.15) is 12.8 Å². The first-order valence-corrected chi connectivity index (χ1v) is 5.29. The Kier molecular flexibility index (Phi) is 4.70. The maximum absolute atomic E-state index is 5.55. The maximum Gasteiger partial charge on any atom is 0.0105 e. The van der Waals surface area contributed by atoms with Crippen molar-refractivity contribution in [1.29, 1.82) is 0 Å². The lowest BCUT2D eigenvalue weighted by atomic mass is 9.98. The smallest absolute Gasteiger partial charge is 0.0105 e. The molecule has 3 heteroatoms. The highest BCUT2D eigenvalue weighted by molar-refractivity contribution is 4.74. The lowest BCUT2D eigenvalue weighted by Gasteiger charge is -2.33. The van der Waals surface area contributed by atoms with E-state index in [1.807, 2.05) is 0 Å². The summed E-state index contributed by atoms with van der Waals surface area (Å²) in [5, 5.41) is 0. The van der Waals surface area contributed by atoms with Gasteiger partial charge in [-0.3, -0.25) is 0 Å². The van der Waals surface area contributed by atoms with Crippen molar-refractivity contribution < 1.29 is 0 Å². The van der Waals surface area contributed by atoms with Crippen molar-refractivity contribution in [3.8, 4) is 0 Å². The monoisotopic (exact) mass is 185 g/mol. The van der Waals surface area contributed by atoms with Gasteiger partial charge in [0.2, 0.25) is 0 Å². The quantitative estimate of drug-likeness (QED) is 0.680. The summed E-state index contributed by atoms with van der Waals surface area (Å²) >= 11 is 0. The summed E-state index contributed by atoms with van der Waals surface area (Å²) in [6, 6.07) is 0. The summed E-state index contributed by atoms with van der Waals surface area (Å²) in [7, 11) is 4.31. The first kappa shape index (κ1) is 11.0. The standard InChI is InChI=1S/C10H23N3/c1-12(2)8-10-4-3-6-13(9-10)7-5-11/h10H,3-9,11H2,1-2H3. The highest BCUT2D eigenvalue weighted by Gasteiger charge is 2.19. The second-order valence-electron chi connectivity index (χ2n) is 4.36. The van der Waals surface area contributed by atoms with Gasteiger partial charge in [-0.25, -0.2) is 0 Å². The van der Waals surface area contributed by atoms with Crippen molar-refractivity contribution in [2.24, 2.45) is 11.7 Å². The van der Waals surface area contributed by atoms with Crippen LogP contribution in [-0.2, 0) is 0 Å². The van der Waals surface area contributed by atoms with E-state index in [1.54, 1.807) is 0 Å². The molecular weight excluding hydrogens is 162 g/mol. The highest BCUT2D eigenvalue weighted by atomic mass is 15.1. The lowest BCUT2D eigenvalue weighted by molar-refractivity contribution is 0.155. The number of rotatable bonds is 4. The lowest BCUT2D eigenvalue weighted by Crippen LogP contribution is -2.41. The van der Waals surface area contributed by atoms with Gasteiger partial charge in [-0.15, -0.1) is 0 Å². The zero-order chi connectivity index (χ0) is 9.68. The van der Waals surface area contributed by atoms with Crippen LogP contribution in [0.2, 0.25) is 0 Å². The fourth-order valence-corrected chi connectivity index (χ4v) is 2.20. The second-order valence-corrected chi connectivity index (χ2v) is 4.36. The molecule has 0 aromatic carbocycles. The molecule has 2 N–H and O–H groups in total. The van der Waals surface area contributed by atoms with Crippen LogP contribution >= 0.6 is 0 Å². The van der Waals surface area contributed by atoms with Gasteiger partial charge in [-0.2, -0.15) is 0 Å². The van der Waals surface area contributed by atoms with Crippen molar-refractivity contribution in [1.82, 2.24) is 9.80 Å². The number of nitrogens with zero attached hydrogens (tertiary/aromatic N) is 2. The third-order valence-corrected chi connectivity index (χ3v) is 2.67. The summed E-state index contributed by atoms with van der Waals surface area (Å²) in [6.45, 7) is 5.59. The zero-order valence-corrected chi connectivity index (χ0v) is 9.00. The molecule has 0 aliphatic carbocycles. The summed E-state index contributed by atoms with van der Waals surface area (Å²) in [6.07, 6.45) is 2.73. The molecule has 13 heavy (non-hydrogen) atoms. The van der Waals surface area contributed by atoms with Crippen molar-refractivity contribution in [2.45, 2.75) is 12.8 Å². The van der Waals surface area contributed by atoms with Gasteiger partial charge < -0.3 is 15.5 Å². The Morgan fingerprint density at radius 3 is 2.85 bits per heavy atom. The number of piperidine rings is 1. The SMILES string of the molecule is CN(C)CC1CCCN(CCN)C1. The Labute approximate surface area is 81.9 Å². The van der Waals surface area contributed by atoms with E-state index >= 15 is 0 Å². The number of hydrogen-bond acceptors (Lipinski definition) is 3. The molecule has 1 aliphatic heterocycles. The molecule has 0 radical (unpaired) electrons. The molecule has 0 spiro atoms. The van der Waals surface area contributed by atoms with Crippen molar-refractivity contribution in [2.75, 3.05) is 46.8 Å². The molecule has 0 aromatic rings. The first-order chi connectivity index (χ1) is 6.22.